The summed E-state index contributed by atoms with van der Waals surface area (Å²) in [6.45, 7) is 5.51. The van der Waals surface area contributed by atoms with E-state index in [1.165, 1.54) is 0 Å². The highest BCUT2D eigenvalue weighted by Crippen LogP contribution is 2.28. The number of aliphatic hydroxyl groups is 1. The van der Waals surface area contributed by atoms with E-state index in [2.05, 4.69) is 20.6 Å². The number of aromatic nitrogens is 2. The maximum atomic E-state index is 13.4. The lowest BCUT2D eigenvalue weighted by molar-refractivity contribution is 0.0714. The number of aromatic amines is 1. The number of ether oxygens (including phenoxy) is 1. The third-order valence-electron chi connectivity index (χ3n) is 6.24. The molecule has 40 heavy (non-hydrogen) atoms. The SMILES string of the molecule is COCc1nc2c(C(=O)Nc3cccc(Cl)c3C)cc(NC(=O)c3cc(CCC(C)(C)O)ccc3Cl)cc2[nH]1.Cl. The number of nitrogens with one attached hydrogen (secondary N) is 3. The molecule has 1 aromatic heterocycles. The van der Waals surface area contributed by atoms with Crippen LogP contribution in [0.4, 0.5) is 11.4 Å². The number of carbonyl (C=O) groups excluding carboxylic acids is 2. The van der Waals surface area contributed by atoms with E-state index in [0.29, 0.717) is 51.1 Å². The lowest BCUT2D eigenvalue weighted by Gasteiger charge is -2.17. The minimum Gasteiger partial charge on any atom is -0.390 e. The van der Waals surface area contributed by atoms with E-state index in [1.807, 2.05) is 13.0 Å². The first-order chi connectivity index (χ1) is 18.4. The zero-order valence-corrected chi connectivity index (χ0v) is 24.9. The van der Waals surface area contributed by atoms with Gasteiger partial charge in [0.15, 0.2) is 0 Å². The van der Waals surface area contributed by atoms with E-state index in [1.54, 1.807) is 63.4 Å². The second-order valence-electron chi connectivity index (χ2n) is 9.98. The minimum absolute atomic E-state index is 0. The van der Waals surface area contributed by atoms with Crippen LogP contribution in [0.15, 0.2) is 48.5 Å². The van der Waals surface area contributed by atoms with Crippen LogP contribution >= 0.6 is 35.6 Å². The molecule has 2 amide bonds. The van der Waals surface area contributed by atoms with Gasteiger partial charge in [-0.05, 0) is 81.1 Å². The number of H-pyrrole nitrogens is 1. The Morgan fingerprint density at radius 2 is 1.75 bits per heavy atom. The highest BCUT2D eigenvalue weighted by molar-refractivity contribution is 6.34. The van der Waals surface area contributed by atoms with Crippen LogP contribution < -0.4 is 10.6 Å². The third-order valence-corrected chi connectivity index (χ3v) is 6.98. The van der Waals surface area contributed by atoms with Crippen molar-refractivity contribution in [1.82, 2.24) is 9.97 Å². The van der Waals surface area contributed by atoms with Gasteiger partial charge in [-0.15, -0.1) is 12.4 Å². The molecule has 4 aromatic rings. The molecule has 0 bridgehead atoms. The van der Waals surface area contributed by atoms with E-state index in [-0.39, 0.29) is 30.1 Å². The molecule has 4 rings (SSSR count). The molecule has 0 radical (unpaired) electrons. The number of nitrogens with zero attached hydrogens (tertiary/aromatic N) is 1. The van der Waals surface area contributed by atoms with Gasteiger partial charge in [0.1, 0.15) is 17.9 Å². The van der Waals surface area contributed by atoms with Crippen molar-refractivity contribution in [2.24, 2.45) is 0 Å². The summed E-state index contributed by atoms with van der Waals surface area (Å²) in [5.41, 5.74) is 3.25. The topological polar surface area (TPSA) is 116 Å². The summed E-state index contributed by atoms with van der Waals surface area (Å²) in [5.74, 6) is -0.312. The van der Waals surface area contributed by atoms with Gasteiger partial charge >= 0.3 is 0 Å². The molecule has 0 aliphatic rings. The van der Waals surface area contributed by atoms with Gasteiger partial charge in [0.2, 0.25) is 0 Å². The van der Waals surface area contributed by atoms with Gasteiger partial charge in [-0.1, -0.05) is 35.3 Å². The van der Waals surface area contributed by atoms with Crippen molar-refractivity contribution in [3.8, 4) is 0 Å². The van der Waals surface area contributed by atoms with E-state index < -0.39 is 17.4 Å². The van der Waals surface area contributed by atoms with Gasteiger partial charge < -0.3 is 25.5 Å². The number of fused-ring (bicyclic) bond motifs is 1. The molecule has 0 aliphatic heterocycles. The number of amides is 2. The molecule has 0 atom stereocenters. The standard InChI is InChI=1S/C29H30Cl2N4O4.ClH/c1-16-21(30)6-5-7-23(16)34-28(37)20-13-18(14-24-26(20)35-25(33-24)15-39-4)32-27(36)19-12-17(8-9-22(19)31)10-11-29(2,3)38;/h5-9,12-14,38H,10-11,15H2,1-4H3,(H,32,36)(H,33,35)(H,34,37);1H. The zero-order valence-electron chi connectivity index (χ0n) is 22.5. The van der Waals surface area contributed by atoms with Crippen molar-refractivity contribution in [2.75, 3.05) is 17.7 Å². The molecule has 4 N–H and O–H groups in total. The molecule has 0 aliphatic carbocycles. The number of anilines is 2. The molecule has 0 spiro atoms. The Bertz CT molecular complexity index is 1550. The lowest BCUT2D eigenvalue weighted by Crippen LogP contribution is -2.19. The van der Waals surface area contributed by atoms with Crippen LogP contribution in [0.3, 0.4) is 0 Å². The summed E-state index contributed by atoms with van der Waals surface area (Å²) in [4.78, 5) is 34.4. The molecule has 8 nitrogen and oxygen atoms in total. The first-order valence-corrected chi connectivity index (χ1v) is 13.1. The summed E-state index contributed by atoms with van der Waals surface area (Å²) < 4.78 is 5.19. The van der Waals surface area contributed by atoms with Crippen molar-refractivity contribution >= 4 is 69.8 Å². The predicted octanol–water partition coefficient (Wildman–Crippen LogP) is 6.95. The van der Waals surface area contributed by atoms with Gasteiger partial charge in [-0.25, -0.2) is 4.98 Å². The van der Waals surface area contributed by atoms with Crippen molar-refractivity contribution in [2.45, 2.75) is 45.8 Å². The van der Waals surface area contributed by atoms with Crippen LogP contribution in [0.25, 0.3) is 11.0 Å². The van der Waals surface area contributed by atoms with Crippen LogP contribution in [0.2, 0.25) is 10.0 Å². The van der Waals surface area contributed by atoms with E-state index in [0.717, 1.165) is 11.1 Å². The molecule has 212 valence electrons. The second-order valence-corrected chi connectivity index (χ2v) is 10.8. The maximum absolute atomic E-state index is 13.4. The normalized spacial score (nSPS) is 11.3. The quantitative estimate of drug-likeness (QED) is 0.165. The Kier molecular flexibility index (Phi) is 10.2. The number of methoxy groups -OCH3 is 1. The fourth-order valence-electron chi connectivity index (χ4n) is 4.10. The van der Waals surface area contributed by atoms with Crippen LogP contribution in [-0.4, -0.2) is 39.6 Å². The molecule has 11 heteroatoms. The average molecular weight is 606 g/mol. The molecule has 0 saturated heterocycles. The van der Waals surface area contributed by atoms with Gasteiger partial charge in [-0.3, -0.25) is 9.59 Å². The Balaban J connectivity index is 0.00000441. The van der Waals surface area contributed by atoms with Crippen LogP contribution in [-0.2, 0) is 17.8 Å². The number of aryl methyl sites for hydroxylation is 1. The van der Waals surface area contributed by atoms with Crippen LogP contribution in [0.1, 0.15) is 57.9 Å². The Hall–Kier alpha value is -3.14. The smallest absolute Gasteiger partial charge is 0.258 e. The monoisotopic (exact) mass is 604 g/mol. The van der Waals surface area contributed by atoms with Crippen LogP contribution in [0, 0.1) is 6.92 Å². The van der Waals surface area contributed by atoms with E-state index >= 15 is 0 Å². The summed E-state index contributed by atoms with van der Waals surface area (Å²) >= 11 is 12.6. The van der Waals surface area contributed by atoms with Gasteiger partial charge in [-0.2, -0.15) is 0 Å². The highest BCUT2D eigenvalue weighted by atomic mass is 35.5. The fraction of sp³-hybridized carbons (Fsp3) is 0.276. The Labute approximate surface area is 248 Å². The highest BCUT2D eigenvalue weighted by Gasteiger charge is 2.20. The first-order valence-electron chi connectivity index (χ1n) is 12.4. The Morgan fingerprint density at radius 1 is 1.02 bits per heavy atom. The maximum Gasteiger partial charge on any atom is 0.258 e. The minimum atomic E-state index is -0.830. The molecule has 0 fully saturated rings. The molecular formula is C29H31Cl3N4O4. The fourth-order valence-corrected chi connectivity index (χ4v) is 4.48. The van der Waals surface area contributed by atoms with E-state index in [9.17, 15) is 14.7 Å². The summed E-state index contributed by atoms with van der Waals surface area (Å²) in [6, 6.07) is 13.7. The van der Waals surface area contributed by atoms with Gasteiger partial charge in [0, 0.05) is 23.5 Å². The molecule has 0 unspecified atom stereocenters. The molecular weight excluding hydrogens is 575 g/mol. The summed E-state index contributed by atoms with van der Waals surface area (Å²) in [5, 5.41) is 16.6. The number of rotatable bonds is 9. The van der Waals surface area contributed by atoms with Crippen molar-refractivity contribution in [3.05, 3.63) is 86.7 Å². The third kappa shape index (κ3) is 7.53. The zero-order chi connectivity index (χ0) is 28.3. The van der Waals surface area contributed by atoms with Crippen molar-refractivity contribution in [1.29, 1.82) is 0 Å². The summed E-state index contributed by atoms with van der Waals surface area (Å²) in [6.07, 6.45) is 1.11. The largest absolute Gasteiger partial charge is 0.390 e. The average Bonchev–Trinajstić information content (AvgIpc) is 3.27. The molecule has 3 aromatic carbocycles. The first kappa shape index (κ1) is 31.4. The van der Waals surface area contributed by atoms with Gasteiger partial charge in [0.25, 0.3) is 11.8 Å². The number of halogens is 3. The van der Waals surface area contributed by atoms with Crippen molar-refractivity contribution in [3.63, 3.8) is 0 Å². The van der Waals surface area contributed by atoms with E-state index in [4.69, 9.17) is 27.9 Å². The summed E-state index contributed by atoms with van der Waals surface area (Å²) in [7, 11) is 1.55. The van der Waals surface area contributed by atoms with Gasteiger partial charge in [0.05, 0.1) is 27.3 Å². The predicted molar refractivity (Wildman–Crippen MR) is 162 cm³/mol. The Morgan fingerprint density at radius 3 is 2.45 bits per heavy atom. The number of benzene rings is 3. The molecule has 0 saturated carbocycles. The number of hydrogen-bond acceptors (Lipinski definition) is 5. The number of hydrogen-bond donors (Lipinski definition) is 4. The number of carbonyl (C=O) groups is 2. The number of imidazole rings is 1. The van der Waals surface area contributed by atoms with Crippen LogP contribution in [0.5, 0.6) is 0 Å². The van der Waals surface area contributed by atoms with Crippen molar-refractivity contribution < 1.29 is 19.4 Å². The molecule has 1 heterocycles. The second kappa shape index (κ2) is 13.0. The lowest BCUT2D eigenvalue weighted by atomic mass is 9.98.